The van der Waals surface area contributed by atoms with Gasteiger partial charge in [0, 0.05) is 25.8 Å². The number of likely N-dealkylation sites (N-methyl/N-ethyl adjacent to an activating group) is 1. The zero-order valence-electron chi connectivity index (χ0n) is 11.8. The third-order valence-electron chi connectivity index (χ3n) is 3.23. The molecule has 110 valence electrons. The molecule has 0 amide bonds. The minimum Gasteiger partial charge on any atom is -0.465 e. The summed E-state index contributed by atoms with van der Waals surface area (Å²) in [5.41, 5.74) is 6.53. The van der Waals surface area contributed by atoms with Crippen LogP contribution in [0, 0.1) is 0 Å². The Hall–Kier alpha value is -1.86. The monoisotopic (exact) mass is 280 g/mol. The maximum atomic E-state index is 11.5. The lowest BCUT2D eigenvalue weighted by atomic mass is 10.2. The maximum Gasteiger partial charge on any atom is 0.340 e. The zero-order chi connectivity index (χ0) is 14.5. The van der Waals surface area contributed by atoms with E-state index in [2.05, 4.69) is 27.0 Å². The summed E-state index contributed by atoms with van der Waals surface area (Å²) < 4.78 is 10.3. The molecule has 1 aromatic rings. The van der Waals surface area contributed by atoms with Crippen LogP contribution < -0.4 is 11.1 Å². The Morgan fingerprint density at radius 1 is 1.70 bits per heavy atom. The van der Waals surface area contributed by atoms with Crippen LogP contribution in [-0.2, 0) is 9.47 Å². The molecule has 0 saturated carbocycles. The van der Waals surface area contributed by atoms with E-state index >= 15 is 0 Å². The topological polar surface area (TPSA) is 89.7 Å². The van der Waals surface area contributed by atoms with Gasteiger partial charge in [-0.15, -0.1) is 0 Å². The maximum absolute atomic E-state index is 11.5. The normalized spacial score (nSPS) is 19.6. The Bertz CT molecular complexity index is 481. The Morgan fingerprint density at radius 3 is 3.20 bits per heavy atom. The van der Waals surface area contributed by atoms with Crippen molar-refractivity contribution >= 4 is 17.5 Å². The highest BCUT2D eigenvalue weighted by Crippen LogP contribution is 2.20. The van der Waals surface area contributed by atoms with Crippen molar-refractivity contribution in [1.29, 1.82) is 0 Å². The van der Waals surface area contributed by atoms with Gasteiger partial charge in [-0.05, 0) is 13.1 Å². The van der Waals surface area contributed by atoms with Crippen molar-refractivity contribution < 1.29 is 14.3 Å². The molecule has 1 saturated heterocycles. The Labute approximate surface area is 118 Å². The van der Waals surface area contributed by atoms with Gasteiger partial charge in [-0.2, -0.15) is 0 Å². The number of hydrogen-bond acceptors (Lipinski definition) is 7. The number of pyridine rings is 1. The first-order chi connectivity index (χ1) is 9.61. The molecule has 1 aliphatic rings. The smallest absolute Gasteiger partial charge is 0.340 e. The number of anilines is 2. The number of nitrogen functional groups attached to an aromatic ring is 1. The third kappa shape index (κ3) is 3.37. The molecule has 2 rings (SSSR count). The molecule has 0 bridgehead atoms. The van der Waals surface area contributed by atoms with Gasteiger partial charge in [0.25, 0.3) is 0 Å². The summed E-state index contributed by atoms with van der Waals surface area (Å²) in [6.45, 7) is 3.10. The fourth-order valence-corrected chi connectivity index (χ4v) is 2.10. The molecule has 1 fully saturated rings. The van der Waals surface area contributed by atoms with Crippen LogP contribution in [0.4, 0.5) is 11.5 Å². The minimum atomic E-state index is -0.471. The SMILES string of the molecule is COC(=O)c1ccnc(NCC2CN(C)CCO2)c1N. The van der Waals surface area contributed by atoms with Crippen molar-refractivity contribution in [3.05, 3.63) is 17.8 Å². The highest BCUT2D eigenvalue weighted by Gasteiger charge is 2.19. The van der Waals surface area contributed by atoms with Gasteiger partial charge < -0.3 is 25.4 Å². The number of nitrogens with zero attached hydrogens (tertiary/aromatic N) is 2. The summed E-state index contributed by atoms with van der Waals surface area (Å²) in [6, 6.07) is 1.54. The van der Waals surface area contributed by atoms with Crippen LogP contribution in [0.3, 0.4) is 0 Å². The van der Waals surface area contributed by atoms with Crippen LogP contribution in [0.5, 0.6) is 0 Å². The van der Waals surface area contributed by atoms with Crippen molar-refractivity contribution in [2.45, 2.75) is 6.10 Å². The molecule has 0 spiro atoms. The van der Waals surface area contributed by atoms with Crippen LogP contribution in [-0.4, -0.2) is 62.4 Å². The molecule has 0 aromatic carbocycles. The Morgan fingerprint density at radius 2 is 2.50 bits per heavy atom. The van der Waals surface area contributed by atoms with Crippen LogP contribution in [0.15, 0.2) is 12.3 Å². The van der Waals surface area contributed by atoms with Crippen LogP contribution >= 0.6 is 0 Å². The van der Waals surface area contributed by atoms with Crippen molar-refractivity contribution in [1.82, 2.24) is 9.88 Å². The van der Waals surface area contributed by atoms with Gasteiger partial charge in [0.05, 0.1) is 31.1 Å². The average Bonchev–Trinajstić information content (AvgIpc) is 2.45. The van der Waals surface area contributed by atoms with E-state index in [0.717, 1.165) is 13.1 Å². The molecule has 3 N–H and O–H groups in total. The highest BCUT2D eigenvalue weighted by atomic mass is 16.5. The number of nitrogens with one attached hydrogen (secondary N) is 1. The van der Waals surface area contributed by atoms with Crippen molar-refractivity contribution in [3.63, 3.8) is 0 Å². The van der Waals surface area contributed by atoms with E-state index < -0.39 is 5.97 Å². The van der Waals surface area contributed by atoms with E-state index in [9.17, 15) is 4.79 Å². The lowest BCUT2D eigenvalue weighted by Crippen LogP contribution is -2.43. The van der Waals surface area contributed by atoms with Gasteiger partial charge >= 0.3 is 5.97 Å². The number of ether oxygens (including phenoxy) is 2. The molecular weight excluding hydrogens is 260 g/mol. The molecule has 1 unspecified atom stereocenters. The second-order valence-corrected chi connectivity index (χ2v) is 4.75. The molecular formula is C13H20N4O3. The molecule has 7 nitrogen and oxygen atoms in total. The van der Waals surface area contributed by atoms with Gasteiger partial charge in [-0.1, -0.05) is 0 Å². The summed E-state index contributed by atoms with van der Waals surface area (Å²) in [6.07, 6.45) is 1.61. The van der Waals surface area contributed by atoms with Crippen LogP contribution in [0.25, 0.3) is 0 Å². The molecule has 1 aromatic heterocycles. The first-order valence-corrected chi connectivity index (χ1v) is 6.48. The van der Waals surface area contributed by atoms with Gasteiger partial charge in [0.2, 0.25) is 0 Å². The van der Waals surface area contributed by atoms with Gasteiger partial charge in [-0.3, -0.25) is 0 Å². The zero-order valence-corrected chi connectivity index (χ0v) is 11.8. The second kappa shape index (κ2) is 6.53. The number of esters is 1. The number of nitrogens with two attached hydrogens (primary N) is 1. The molecule has 0 aliphatic carbocycles. The first kappa shape index (κ1) is 14.5. The van der Waals surface area contributed by atoms with E-state index in [-0.39, 0.29) is 6.10 Å². The lowest BCUT2D eigenvalue weighted by molar-refractivity contribution is -0.0117. The molecule has 7 heteroatoms. The minimum absolute atomic E-state index is 0.0803. The number of morpholine rings is 1. The summed E-state index contributed by atoms with van der Waals surface area (Å²) in [5.74, 6) is 0.00586. The first-order valence-electron chi connectivity index (χ1n) is 6.48. The van der Waals surface area contributed by atoms with Crippen LogP contribution in [0.1, 0.15) is 10.4 Å². The summed E-state index contributed by atoms with van der Waals surface area (Å²) in [4.78, 5) is 17.9. The van der Waals surface area contributed by atoms with Crippen molar-refractivity contribution in [2.75, 3.05) is 51.4 Å². The number of aromatic nitrogens is 1. The lowest BCUT2D eigenvalue weighted by Gasteiger charge is -2.30. The van der Waals surface area contributed by atoms with Crippen LogP contribution in [0.2, 0.25) is 0 Å². The summed E-state index contributed by atoms with van der Waals surface area (Å²) in [5, 5.41) is 3.13. The summed E-state index contributed by atoms with van der Waals surface area (Å²) in [7, 11) is 3.38. The fourth-order valence-electron chi connectivity index (χ4n) is 2.10. The van der Waals surface area contributed by atoms with Gasteiger partial charge in [0.1, 0.15) is 5.82 Å². The molecule has 1 aliphatic heterocycles. The third-order valence-corrected chi connectivity index (χ3v) is 3.23. The number of carbonyl (C=O) groups excluding carboxylic acids is 1. The van der Waals surface area contributed by atoms with E-state index in [1.807, 2.05) is 0 Å². The Balaban J connectivity index is 2.01. The molecule has 1 atom stereocenters. The quantitative estimate of drug-likeness (QED) is 0.761. The number of hydrogen-bond donors (Lipinski definition) is 2. The van der Waals surface area contributed by atoms with Gasteiger partial charge in [-0.25, -0.2) is 9.78 Å². The van der Waals surface area contributed by atoms with Gasteiger partial charge in [0.15, 0.2) is 0 Å². The van der Waals surface area contributed by atoms with Crippen molar-refractivity contribution in [3.8, 4) is 0 Å². The predicted molar refractivity (Wildman–Crippen MR) is 75.7 cm³/mol. The highest BCUT2D eigenvalue weighted by molar-refractivity contribution is 5.97. The van der Waals surface area contributed by atoms with E-state index in [0.29, 0.717) is 30.2 Å². The largest absolute Gasteiger partial charge is 0.465 e. The van der Waals surface area contributed by atoms with Crippen molar-refractivity contribution in [2.24, 2.45) is 0 Å². The molecule has 20 heavy (non-hydrogen) atoms. The predicted octanol–water partition coefficient (Wildman–Crippen LogP) is 0.193. The molecule has 2 heterocycles. The van der Waals surface area contributed by atoms with E-state index in [1.165, 1.54) is 19.4 Å². The number of carbonyl (C=O) groups is 1. The van der Waals surface area contributed by atoms with E-state index in [4.69, 9.17) is 10.5 Å². The van der Waals surface area contributed by atoms with E-state index in [1.54, 1.807) is 0 Å². The average molecular weight is 280 g/mol. The number of rotatable bonds is 4. The standard InChI is InChI=1S/C13H20N4O3/c1-17-5-6-20-9(8-17)7-16-12-11(14)10(3-4-15-12)13(18)19-2/h3-4,9H,5-8,14H2,1-2H3,(H,15,16). The summed E-state index contributed by atoms with van der Waals surface area (Å²) >= 11 is 0. The molecule has 0 radical (unpaired) electrons. The Kier molecular flexibility index (Phi) is 4.75. The number of methoxy groups -OCH3 is 1. The fraction of sp³-hybridized carbons (Fsp3) is 0.538. The second-order valence-electron chi connectivity index (χ2n) is 4.75.